The average molecular weight is 367 g/mol. The molecule has 7 heteroatoms. The van der Waals surface area contributed by atoms with Crippen molar-refractivity contribution in [2.24, 2.45) is 0 Å². The third-order valence-electron chi connectivity index (χ3n) is 4.08. The number of nitrogens with one attached hydrogen (secondary N) is 1. The maximum Gasteiger partial charge on any atom is 0.524 e. The highest BCUT2D eigenvalue weighted by Crippen LogP contribution is 2.41. The molecule has 1 aliphatic heterocycles. The van der Waals surface area contributed by atoms with E-state index in [0.29, 0.717) is 16.8 Å². The molecule has 3 aromatic rings. The molecule has 0 spiro atoms. The standard InChI is InChI=1S/C19H14NO5P/c21-19-17(10-12-5-6-13-3-1-2-4-14(13)9-12)16-11-15(25-26(22,23)24)7-8-18(16)20-19/h1-11H,(H,20,21)(H2,22,23,24). The summed E-state index contributed by atoms with van der Waals surface area (Å²) < 4.78 is 15.7. The molecule has 3 N–H and O–H groups in total. The number of hydrogen-bond acceptors (Lipinski definition) is 3. The average Bonchev–Trinajstić information content (AvgIpc) is 2.89. The Morgan fingerprint density at radius 1 is 0.962 bits per heavy atom. The second kappa shape index (κ2) is 6.11. The summed E-state index contributed by atoms with van der Waals surface area (Å²) in [5, 5.41) is 4.89. The first kappa shape index (κ1) is 16.5. The fourth-order valence-corrected chi connectivity index (χ4v) is 3.36. The van der Waals surface area contributed by atoms with E-state index in [2.05, 4.69) is 9.84 Å². The Labute approximate surface area is 149 Å². The van der Waals surface area contributed by atoms with E-state index in [0.717, 1.165) is 16.3 Å². The first-order valence-electron chi connectivity index (χ1n) is 7.80. The molecule has 130 valence electrons. The summed E-state index contributed by atoms with van der Waals surface area (Å²) in [6.45, 7) is 0. The van der Waals surface area contributed by atoms with Gasteiger partial charge in [0.15, 0.2) is 0 Å². The molecule has 3 aromatic carbocycles. The van der Waals surface area contributed by atoms with Gasteiger partial charge in [-0.2, -0.15) is 0 Å². The maximum atomic E-state index is 12.3. The number of hydrogen-bond donors (Lipinski definition) is 3. The minimum absolute atomic E-state index is 0.00186. The summed E-state index contributed by atoms with van der Waals surface area (Å²) in [6.07, 6.45) is 1.74. The Morgan fingerprint density at radius 2 is 1.73 bits per heavy atom. The number of carbonyl (C=O) groups excluding carboxylic acids is 1. The molecule has 0 fully saturated rings. The fourth-order valence-electron chi connectivity index (χ4n) is 2.97. The van der Waals surface area contributed by atoms with Crippen molar-refractivity contribution in [3.8, 4) is 5.75 Å². The van der Waals surface area contributed by atoms with Crippen LogP contribution in [0, 0.1) is 0 Å². The van der Waals surface area contributed by atoms with Crippen LogP contribution in [0.5, 0.6) is 5.75 Å². The molecule has 0 aromatic heterocycles. The molecule has 26 heavy (non-hydrogen) atoms. The van der Waals surface area contributed by atoms with Gasteiger partial charge < -0.3 is 9.84 Å². The van der Waals surface area contributed by atoms with Gasteiger partial charge in [0.2, 0.25) is 0 Å². The highest BCUT2D eigenvalue weighted by atomic mass is 31.2. The van der Waals surface area contributed by atoms with Crippen LogP contribution in [-0.2, 0) is 9.36 Å². The Morgan fingerprint density at radius 3 is 2.50 bits per heavy atom. The van der Waals surface area contributed by atoms with E-state index in [-0.39, 0.29) is 11.7 Å². The van der Waals surface area contributed by atoms with Crippen LogP contribution in [0.1, 0.15) is 11.1 Å². The van der Waals surface area contributed by atoms with Crippen molar-refractivity contribution < 1.29 is 23.7 Å². The smallest absolute Gasteiger partial charge is 0.404 e. The third kappa shape index (κ3) is 3.26. The van der Waals surface area contributed by atoms with Gasteiger partial charge in [0.1, 0.15) is 5.75 Å². The summed E-state index contributed by atoms with van der Waals surface area (Å²) in [4.78, 5) is 30.3. The third-order valence-corrected chi connectivity index (χ3v) is 4.53. The Bertz CT molecular complexity index is 1120. The number of fused-ring (bicyclic) bond motifs is 2. The molecule has 0 saturated heterocycles. The van der Waals surface area contributed by atoms with Crippen LogP contribution >= 0.6 is 7.82 Å². The zero-order chi connectivity index (χ0) is 18.3. The highest BCUT2D eigenvalue weighted by molar-refractivity contribution is 7.46. The topological polar surface area (TPSA) is 95.9 Å². The van der Waals surface area contributed by atoms with Gasteiger partial charge in [-0.05, 0) is 46.7 Å². The number of anilines is 1. The minimum atomic E-state index is -4.67. The summed E-state index contributed by atoms with van der Waals surface area (Å²) in [5.41, 5.74) is 2.36. The van der Waals surface area contributed by atoms with Gasteiger partial charge in [0.25, 0.3) is 5.91 Å². The Balaban J connectivity index is 1.77. The predicted molar refractivity (Wildman–Crippen MR) is 99.6 cm³/mol. The van der Waals surface area contributed by atoms with E-state index in [9.17, 15) is 9.36 Å². The predicted octanol–water partition coefficient (Wildman–Crippen LogP) is 3.80. The van der Waals surface area contributed by atoms with Gasteiger partial charge in [0, 0.05) is 16.8 Å². The van der Waals surface area contributed by atoms with E-state index >= 15 is 0 Å². The van der Waals surface area contributed by atoms with Gasteiger partial charge in [-0.1, -0.05) is 36.4 Å². The first-order chi connectivity index (χ1) is 12.4. The van der Waals surface area contributed by atoms with Crippen molar-refractivity contribution in [3.05, 3.63) is 71.8 Å². The first-order valence-corrected chi connectivity index (χ1v) is 9.33. The SMILES string of the molecule is O=C1Nc2ccc(OP(=O)(O)O)cc2C1=Cc1ccc2ccccc2c1. The van der Waals surface area contributed by atoms with Crippen molar-refractivity contribution in [2.75, 3.05) is 5.32 Å². The van der Waals surface area contributed by atoms with Gasteiger partial charge in [0.05, 0.1) is 0 Å². The zero-order valence-electron chi connectivity index (χ0n) is 13.4. The van der Waals surface area contributed by atoms with E-state index in [1.54, 1.807) is 12.1 Å². The van der Waals surface area contributed by atoms with Crippen molar-refractivity contribution in [3.63, 3.8) is 0 Å². The maximum absolute atomic E-state index is 12.3. The van der Waals surface area contributed by atoms with E-state index in [1.165, 1.54) is 12.1 Å². The summed E-state index contributed by atoms with van der Waals surface area (Å²) in [6, 6.07) is 18.2. The fraction of sp³-hybridized carbons (Fsp3) is 0. The van der Waals surface area contributed by atoms with Gasteiger partial charge in [-0.25, -0.2) is 4.57 Å². The molecule has 4 rings (SSSR count). The largest absolute Gasteiger partial charge is 0.524 e. The Hall–Kier alpha value is -2.92. The van der Waals surface area contributed by atoms with Gasteiger partial charge in [-0.3, -0.25) is 14.6 Å². The van der Waals surface area contributed by atoms with Crippen LogP contribution < -0.4 is 9.84 Å². The lowest BCUT2D eigenvalue weighted by Crippen LogP contribution is -2.03. The second-order valence-corrected chi connectivity index (χ2v) is 7.07. The summed E-state index contributed by atoms with van der Waals surface area (Å²) in [5.74, 6) is -0.278. The van der Waals surface area contributed by atoms with E-state index in [1.807, 2.05) is 42.5 Å². The molecule has 0 radical (unpaired) electrons. The van der Waals surface area contributed by atoms with Gasteiger partial charge >= 0.3 is 7.82 Å². The normalized spacial score (nSPS) is 15.2. The lowest BCUT2D eigenvalue weighted by Gasteiger charge is -2.08. The van der Waals surface area contributed by atoms with Crippen molar-refractivity contribution in [1.29, 1.82) is 0 Å². The number of rotatable bonds is 3. The van der Waals surface area contributed by atoms with Crippen molar-refractivity contribution >= 4 is 41.8 Å². The van der Waals surface area contributed by atoms with Crippen LogP contribution in [-0.4, -0.2) is 15.7 Å². The van der Waals surface area contributed by atoms with Crippen molar-refractivity contribution in [2.45, 2.75) is 0 Å². The van der Waals surface area contributed by atoms with Crippen LogP contribution in [0.2, 0.25) is 0 Å². The molecule has 0 aliphatic carbocycles. The molecule has 1 heterocycles. The van der Waals surface area contributed by atoms with Crippen molar-refractivity contribution in [1.82, 2.24) is 0 Å². The Kier molecular flexibility index (Phi) is 3.89. The molecule has 0 saturated carbocycles. The quantitative estimate of drug-likeness (QED) is 0.483. The molecule has 0 bridgehead atoms. The lowest BCUT2D eigenvalue weighted by atomic mass is 10.0. The number of amides is 1. The number of benzene rings is 3. The second-order valence-electron chi connectivity index (χ2n) is 5.91. The van der Waals surface area contributed by atoms with Gasteiger partial charge in [-0.15, -0.1) is 0 Å². The van der Waals surface area contributed by atoms with E-state index in [4.69, 9.17) is 9.79 Å². The molecular weight excluding hydrogens is 353 g/mol. The lowest BCUT2D eigenvalue weighted by molar-refractivity contribution is -0.110. The molecule has 6 nitrogen and oxygen atoms in total. The monoisotopic (exact) mass is 367 g/mol. The molecule has 0 atom stereocenters. The number of phosphoric ester groups is 1. The molecule has 1 amide bonds. The summed E-state index contributed by atoms with van der Waals surface area (Å²) >= 11 is 0. The van der Waals surface area contributed by atoms with Crippen LogP contribution in [0.25, 0.3) is 22.4 Å². The van der Waals surface area contributed by atoms with Crippen LogP contribution in [0.3, 0.4) is 0 Å². The zero-order valence-corrected chi connectivity index (χ0v) is 14.3. The van der Waals surface area contributed by atoms with Crippen LogP contribution in [0.4, 0.5) is 5.69 Å². The molecule has 1 aliphatic rings. The molecule has 0 unspecified atom stereocenters. The number of carbonyl (C=O) groups is 1. The highest BCUT2D eigenvalue weighted by Gasteiger charge is 2.26. The van der Waals surface area contributed by atoms with E-state index < -0.39 is 7.82 Å². The summed E-state index contributed by atoms with van der Waals surface area (Å²) in [7, 11) is -4.67. The molecular formula is C19H14NO5P. The number of phosphoric acid groups is 1. The van der Waals surface area contributed by atoms with Crippen LogP contribution in [0.15, 0.2) is 60.7 Å². The minimum Gasteiger partial charge on any atom is -0.404 e.